The number of rotatable bonds is 9. The third-order valence-electron chi connectivity index (χ3n) is 2.58. The molecule has 0 aliphatic heterocycles. The van der Waals surface area contributed by atoms with Crippen molar-refractivity contribution in [2.75, 3.05) is 6.61 Å². The molecule has 0 spiro atoms. The molecule has 0 unspecified atom stereocenters. The van der Waals surface area contributed by atoms with Crippen molar-refractivity contribution in [1.82, 2.24) is 0 Å². The molecule has 0 saturated carbocycles. The third kappa shape index (κ3) is 11.1. The third-order valence-corrected chi connectivity index (χ3v) is 12.7. The quantitative estimate of drug-likeness (QED) is 0.270. The van der Waals surface area contributed by atoms with Crippen LogP contribution < -0.4 is 0 Å². The van der Waals surface area contributed by atoms with Crippen molar-refractivity contribution in [3.63, 3.8) is 0 Å². The van der Waals surface area contributed by atoms with Gasteiger partial charge in [-0.3, -0.25) is 0 Å². The second-order valence-electron chi connectivity index (χ2n) is 7.50. The van der Waals surface area contributed by atoms with Crippen LogP contribution in [0.4, 0.5) is 0 Å². The van der Waals surface area contributed by atoms with Gasteiger partial charge in [-0.2, -0.15) is 0 Å². The Hall–Kier alpha value is -0.219. The van der Waals surface area contributed by atoms with Crippen LogP contribution in [0.25, 0.3) is 0 Å². The first kappa shape index (κ1) is 20.8. The topological polar surface area (TPSA) is 44.8 Å². The maximum absolute atomic E-state index is 11.3. The molecule has 21 heavy (non-hydrogen) atoms. The van der Waals surface area contributed by atoms with E-state index < -0.39 is 25.2 Å². The Morgan fingerprint density at radius 3 is 1.95 bits per heavy atom. The normalized spacial score (nSPS) is 13.1. The largest absolute Gasteiger partial charge is 0.462 e. The van der Waals surface area contributed by atoms with Crippen LogP contribution in [0.3, 0.4) is 0 Å². The number of esters is 1. The predicted octanol–water partition coefficient (Wildman–Crippen LogP) is 4.27. The molecule has 0 amide bonds. The lowest BCUT2D eigenvalue weighted by atomic mass is 10.4. The number of carbonyl (C=O) groups is 1. The highest BCUT2D eigenvalue weighted by Crippen LogP contribution is 2.23. The zero-order chi connectivity index (χ0) is 16.9. The molecule has 0 aromatic heterocycles. The summed E-state index contributed by atoms with van der Waals surface area (Å²) in [5.41, 5.74) is 0.444. The summed E-state index contributed by atoms with van der Waals surface area (Å²) in [6, 6.07) is 0.960. The van der Waals surface area contributed by atoms with Gasteiger partial charge in [0.1, 0.15) is 0 Å². The van der Waals surface area contributed by atoms with E-state index in [1.165, 1.54) is 0 Å². The summed E-state index contributed by atoms with van der Waals surface area (Å²) >= 11 is 0. The van der Waals surface area contributed by atoms with Gasteiger partial charge in [0.05, 0.1) is 6.61 Å². The van der Waals surface area contributed by atoms with Crippen molar-refractivity contribution in [2.45, 2.75) is 65.2 Å². The summed E-state index contributed by atoms with van der Waals surface area (Å²) in [4.78, 5) is 11.3. The van der Waals surface area contributed by atoms with E-state index in [1.54, 1.807) is 6.92 Å². The van der Waals surface area contributed by atoms with Crippen molar-refractivity contribution < 1.29 is 17.8 Å². The standard InChI is InChI=1S/C14H32O4Si3/c1-13(2)14(15)16-11-10-12-20(6,7)18-21(8,9)17-19(3,4)5/h1,10-12H2,2-9H3. The molecule has 0 heterocycles. The first-order valence-corrected chi connectivity index (χ1v) is 16.8. The molecule has 4 nitrogen and oxygen atoms in total. The molecule has 7 heteroatoms. The van der Waals surface area contributed by atoms with Gasteiger partial charge in [0.15, 0.2) is 16.6 Å². The molecule has 0 rings (SSSR count). The fourth-order valence-corrected chi connectivity index (χ4v) is 15.4. The Morgan fingerprint density at radius 2 is 1.52 bits per heavy atom. The number of hydrogen-bond acceptors (Lipinski definition) is 4. The van der Waals surface area contributed by atoms with E-state index in [-0.39, 0.29) is 5.97 Å². The summed E-state index contributed by atoms with van der Waals surface area (Å²) in [5, 5.41) is 0. The lowest BCUT2D eigenvalue weighted by molar-refractivity contribution is -0.138. The Kier molecular flexibility index (Phi) is 7.78. The Bertz CT molecular complexity index is 373. The minimum absolute atomic E-state index is 0.313. The van der Waals surface area contributed by atoms with Crippen LogP contribution in [-0.2, 0) is 17.8 Å². The smallest absolute Gasteiger partial charge is 0.333 e. The van der Waals surface area contributed by atoms with Crippen molar-refractivity contribution in [1.29, 1.82) is 0 Å². The second kappa shape index (κ2) is 7.87. The van der Waals surface area contributed by atoms with E-state index in [4.69, 9.17) is 13.0 Å². The second-order valence-corrected chi connectivity index (χ2v) is 20.2. The Balaban J connectivity index is 4.25. The Labute approximate surface area is 133 Å². The van der Waals surface area contributed by atoms with Crippen LogP contribution in [0, 0.1) is 0 Å². The van der Waals surface area contributed by atoms with E-state index in [9.17, 15) is 4.79 Å². The number of hydrogen-bond donors (Lipinski definition) is 0. The average Bonchev–Trinajstić information content (AvgIpc) is 2.18. The van der Waals surface area contributed by atoms with Crippen LogP contribution in [0.1, 0.15) is 13.3 Å². The van der Waals surface area contributed by atoms with Crippen LogP contribution in [0.15, 0.2) is 12.2 Å². The summed E-state index contributed by atoms with van der Waals surface area (Å²) in [6.45, 7) is 20.9. The van der Waals surface area contributed by atoms with Gasteiger partial charge in [-0.1, -0.05) is 6.58 Å². The highest BCUT2D eigenvalue weighted by molar-refractivity contribution is 6.87. The molecule has 0 aromatic carbocycles. The highest BCUT2D eigenvalue weighted by atomic mass is 28.5. The van der Waals surface area contributed by atoms with Crippen molar-refractivity contribution >= 4 is 31.2 Å². The zero-order valence-electron chi connectivity index (χ0n) is 15.0. The van der Waals surface area contributed by atoms with E-state index in [0.717, 1.165) is 12.5 Å². The van der Waals surface area contributed by atoms with Crippen molar-refractivity contribution in [3.05, 3.63) is 12.2 Å². The molecule has 124 valence electrons. The van der Waals surface area contributed by atoms with E-state index in [0.29, 0.717) is 12.2 Å². The summed E-state index contributed by atoms with van der Waals surface area (Å²) in [5.74, 6) is -0.313. The minimum Gasteiger partial charge on any atom is -0.462 e. The number of ether oxygens (including phenoxy) is 1. The van der Waals surface area contributed by atoms with Gasteiger partial charge < -0.3 is 13.0 Å². The first-order chi connectivity index (χ1) is 9.24. The maximum atomic E-state index is 11.3. The maximum Gasteiger partial charge on any atom is 0.333 e. The molecule has 0 fully saturated rings. The van der Waals surface area contributed by atoms with Gasteiger partial charge in [-0.25, -0.2) is 4.79 Å². The fourth-order valence-electron chi connectivity index (χ4n) is 2.26. The first-order valence-electron chi connectivity index (χ1n) is 7.47. The molecule has 0 atom stereocenters. The molecule has 0 aliphatic rings. The minimum atomic E-state index is -2.07. The van der Waals surface area contributed by atoms with Crippen LogP contribution in [0.5, 0.6) is 0 Å². The molecule has 0 radical (unpaired) electrons. The SMILES string of the molecule is C=C(C)C(=O)OCCC[Si](C)(C)O[Si](C)(C)O[Si](C)(C)C. The average molecular weight is 349 g/mol. The van der Waals surface area contributed by atoms with Crippen LogP contribution >= 0.6 is 0 Å². The van der Waals surface area contributed by atoms with Gasteiger partial charge in [-0.05, 0) is 65.2 Å². The molecule has 0 aromatic rings. The van der Waals surface area contributed by atoms with Gasteiger partial charge >= 0.3 is 14.5 Å². The van der Waals surface area contributed by atoms with E-state index >= 15 is 0 Å². The van der Waals surface area contributed by atoms with Gasteiger partial charge in [-0.15, -0.1) is 0 Å². The molecule has 0 N–H and O–H groups in total. The molecule has 0 bridgehead atoms. The summed E-state index contributed by atoms with van der Waals surface area (Å²) in [6.07, 6.45) is 0.829. The molecular formula is C14H32O4Si3. The van der Waals surface area contributed by atoms with Crippen LogP contribution in [-0.4, -0.2) is 37.8 Å². The van der Waals surface area contributed by atoms with Crippen LogP contribution in [0.2, 0.25) is 51.9 Å². The monoisotopic (exact) mass is 348 g/mol. The Morgan fingerprint density at radius 1 is 1.00 bits per heavy atom. The lowest BCUT2D eigenvalue weighted by Crippen LogP contribution is -2.51. The van der Waals surface area contributed by atoms with Crippen molar-refractivity contribution in [2.24, 2.45) is 0 Å². The molecular weight excluding hydrogens is 316 g/mol. The van der Waals surface area contributed by atoms with Gasteiger partial charge in [0.25, 0.3) is 0 Å². The zero-order valence-corrected chi connectivity index (χ0v) is 18.0. The van der Waals surface area contributed by atoms with E-state index in [2.05, 4.69) is 52.4 Å². The lowest BCUT2D eigenvalue weighted by Gasteiger charge is -2.37. The van der Waals surface area contributed by atoms with Gasteiger partial charge in [0.2, 0.25) is 0 Å². The molecule has 0 aliphatic carbocycles. The number of carbonyl (C=O) groups excluding carboxylic acids is 1. The van der Waals surface area contributed by atoms with Crippen molar-refractivity contribution in [3.8, 4) is 0 Å². The predicted molar refractivity (Wildman–Crippen MR) is 95.7 cm³/mol. The summed E-state index contributed by atoms with van der Waals surface area (Å²) in [7, 11) is -5.44. The summed E-state index contributed by atoms with van der Waals surface area (Å²) < 4.78 is 17.7. The van der Waals surface area contributed by atoms with E-state index in [1.807, 2.05) is 0 Å². The highest BCUT2D eigenvalue weighted by Gasteiger charge is 2.37. The fraction of sp³-hybridized carbons (Fsp3) is 0.786. The molecule has 0 saturated heterocycles. The van der Waals surface area contributed by atoms with Gasteiger partial charge in [0, 0.05) is 5.57 Å².